The molecule has 25 heavy (non-hydrogen) atoms. The number of anilines is 3. The predicted molar refractivity (Wildman–Crippen MR) is 101 cm³/mol. The smallest absolute Gasteiger partial charge is 0.276 e. The number of amides is 1. The van der Waals surface area contributed by atoms with Gasteiger partial charge in [0.25, 0.3) is 5.91 Å². The first kappa shape index (κ1) is 17.2. The highest BCUT2D eigenvalue weighted by atomic mass is 35.5. The number of halogens is 2. The molecule has 0 fully saturated rings. The van der Waals surface area contributed by atoms with Crippen molar-refractivity contribution in [2.75, 3.05) is 17.3 Å². The van der Waals surface area contributed by atoms with Crippen LogP contribution in [0.5, 0.6) is 0 Å². The van der Waals surface area contributed by atoms with Gasteiger partial charge in [0.05, 0.1) is 10.7 Å². The fourth-order valence-corrected chi connectivity index (χ4v) is 2.53. The highest BCUT2D eigenvalue weighted by Gasteiger charge is 2.16. The Kier molecular flexibility index (Phi) is 5.16. The Labute approximate surface area is 155 Å². The molecule has 0 atom stereocenters. The van der Waals surface area contributed by atoms with Crippen LogP contribution >= 0.6 is 23.2 Å². The molecule has 1 aromatic heterocycles. The second-order valence-corrected chi connectivity index (χ2v) is 6.06. The summed E-state index contributed by atoms with van der Waals surface area (Å²) in [5.41, 5.74) is 1.61. The second-order valence-electron chi connectivity index (χ2n) is 5.21. The summed E-state index contributed by atoms with van der Waals surface area (Å²) in [5, 5.41) is 3.99. The Morgan fingerprint density at radius 2 is 1.84 bits per heavy atom. The van der Waals surface area contributed by atoms with E-state index in [-0.39, 0.29) is 17.5 Å². The number of para-hydroxylation sites is 1. The zero-order valence-corrected chi connectivity index (χ0v) is 14.8. The van der Waals surface area contributed by atoms with Crippen molar-refractivity contribution in [1.82, 2.24) is 9.97 Å². The van der Waals surface area contributed by atoms with Crippen LogP contribution in [0.1, 0.15) is 10.5 Å². The lowest BCUT2D eigenvalue weighted by molar-refractivity contribution is 0.0988. The van der Waals surface area contributed by atoms with E-state index in [2.05, 4.69) is 15.3 Å². The normalized spacial score (nSPS) is 10.4. The van der Waals surface area contributed by atoms with Crippen LogP contribution in [0.3, 0.4) is 0 Å². The molecule has 0 radical (unpaired) electrons. The lowest BCUT2D eigenvalue weighted by Gasteiger charge is -2.17. The number of hydrogen-bond donors (Lipinski definition) is 1. The Balaban J connectivity index is 1.84. The van der Waals surface area contributed by atoms with Gasteiger partial charge >= 0.3 is 0 Å². The van der Waals surface area contributed by atoms with E-state index >= 15 is 0 Å². The van der Waals surface area contributed by atoms with Gasteiger partial charge in [0, 0.05) is 24.0 Å². The Morgan fingerprint density at radius 3 is 2.60 bits per heavy atom. The number of rotatable bonds is 4. The minimum atomic E-state index is -0.242. The average Bonchev–Trinajstić information content (AvgIpc) is 2.64. The number of nitrogens with zero attached hydrogens (tertiary/aromatic N) is 3. The summed E-state index contributed by atoms with van der Waals surface area (Å²) in [6, 6.07) is 15.9. The quantitative estimate of drug-likeness (QED) is 0.714. The van der Waals surface area contributed by atoms with E-state index in [4.69, 9.17) is 23.2 Å². The molecule has 3 rings (SSSR count). The summed E-state index contributed by atoms with van der Waals surface area (Å²) in [6.07, 6.45) is 1.51. The predicted octanol–water partition coefficient (Wildman–Crippen LogP) is 4.80. The third-order valence-electron chi connectivity index (χ3n) is 3.50. The van der Waals surface area contributed by atoms with Gasteiger partial charge in [0.15, 0.2) is 0 Å². The third-order valence-corrected chi connectivity index (χ3v) is 4.06. The molecule has 0 unspecified atom stereocenters. The minimum Gasteiger partial charge on any atom is -0.323 e. The number of carbonyl (C=O) groups excluding carboxylic acids is 1. The van der Waals surface area contributed by atoms with E-state index in [1.807, 2.05) is 30.3 Å². The van der Waals surface area contributed by atoms with E-state index in [0.717, 1.165) is 5.69 Å². The molecule has 126 valence electrons. The van der Waals surface area contributed by atoms with Crippen LogP contribution in [0.4, 0.5) is 17.3 Å². The molecule has 0 aliphatic rings. The van der Waals surface area contributed by atoms with Gasteiger partial charge in [0.2, 0.25) is 5.95 Å². The summed E-state index contributed by atoms with van der Waals surface area (Å²) in [4.78, 5) is 22.6. The summed E-state index contributed by atoms with van der Waals surface area (Å²) in [5.74, 6) is 0.0188. The molecule has 1 amide bonds. The molecule has 7 heteroatoms. The molecule has 0 saturated heterocycles. The van der Waals surface area contributed by atoms with Crippen molar-refractivity contribution in [2.24, 2.45) is 0 Å². The maximum Gasteiger partial charge on any atom is 0.276 e. The first-order valence-corrected chi connectivity index (χ1v) is 8.18. The largest absolute Gasteiger partial charge is 0.323 e. The molecular weight excluding hydrogens is 359 g/mol. The Bertz CT molecular complexity index is 903. The zero-order chi connectivity index (χ0) is 17.8. The van der Waals surface area contributed by atoms with Gasteiger partial charge in [-0.3, -0.25) is 4.79 Å². The fraction of sp³-hybridized carbons (Fsp3) is 0.0556. The van der Waals surface area contributed by atoms with Gasteiger partial charge in [-0.15, -0.1) is 0 Å². The number of hydrogen-bond acceptors (Lipinski definition) is 4. The standard InChI is InChI=1S/C18H14Cl2N4O/c1-24(13-5-3-2-4-6-13)17(25)15-9-10-21-18(22-15)23-16-11-12(19)7-8-14(16)20/h2-11H,1H3,(H,21,22,23). The van der Waals surface area contributed by atoms with Crippen molar-refractivity contribution in [3.8, 4) is 0 Å². The molecule has 0 aliphatic carbocycles. The number of aromatic nitrogens is 2. The monoisotopic (exact) mass is 372 g/mol. The fourth-order valence-electron chi connectivity index (χ4n) is 2.19. The number of carbonyl (C=O) groups is 1. The van der Waals surface area contributed by atoms with Crippen molar-refractivity contribution >= 4 is 46.4 Å². The van der Waals surface area contributed by atoms with Crippen LogP contribution in [0.15, 0.2) is 60.8 Å². The van der Waals surface area contributed by atoms with Crippen LogP contribution in [0, 0.1) is 0 Å². The molecule has 0 aliphatic heterocycles. The van der Waals surface area contributed by atoms with E-state index in [1.54, 1.807) is 31.3 Å². The summed E-state index contributed by atoms with van der Waals surface area (Å²) in [7, 11) is 1.70. The van der Waals surface area contributed by atoms with E-state index < -0.39 is 0 Å². The zero-order valence-electron chi connectivity index (χ0n) is 13.3. The van der Waals surface area contributed by atoms with E-state index in [1.165, 1.54) is 11.1 Å². The Morgan fingerprint density at radius 1 is 1.08 bits per heavy atom. The van der Waals surface area contributed by atoms with E-state index in [0.29, 0.717) is 15.7 Å². The van der Waals surface area contributed by atoms with Crippen LogP contribution < -0.4 is 10.2 Å². The number of benzene rings is 2. The van der Waals surface area contributed by atoms with Gasteiger partial charge in [-0.25, -0.2) is 9.97 Å². The molecule has 5 nitrogen and oxygen atoms in total. The molecule has 1 heterocycles. The van der Waals surface area contributed by atoms with Crippen molar-refractivity contribution < 1.29 is 4.79 Å². The molecule has 1 N–H and O–H groups in total. The molecule has 0 spiro atoms. The lowest BCUT2D eigenvalue weighted by Crippen LogP contribution is -2.27. The van der Waals surface area contributed by atoms with Crippen LogP contribution in [-0.2, 0) is 0 Å². The van der Waals surface area contributed by atoms with Crippen LogP contribution in [0.25, 0.3) is 0 Å². The van der Waals surface area contributed by atoms with E-state index in [9.17, 15) is 4.79 Å². The lowest BCUT2D eigenvalue weighted by atomic mass is 10.2. The van der Waals surface area contributed by atoms with Gasteiger partial charge in [-0.1, -0.05) is 41.4 Å². The molecule has 0 saturated carbocycles. The summed E-state index contributed by atoms with van der Waals surface area (Å²) in [6.45, 7) is 0. The average molecular weight is 373 g/mol. The Hall–Kier alpha value is -2.63. The first-order chi connectivity index (χ1) is 12.0. The van der Waals surface area contributed by atoms with Crippen LogP contribution in [0.2, 0.25) is 10.0 Å². The minimum absolute atomic E-state index is 0.242. The molecule has 0 bridgehead atoms. The SMILES string of the molecule is CN(C(=O)c1ccnc(Nc2cc(Cl)ccc2Cl)n1)c1ccccc1. The second kappa shape index (κ2) is 7.51. The highest BCUT2D eigenvalue weighted by molar-refractivity contribution is 6.35. The van der Waals surface area contributed by atoms with Gasteiger partial charge in [-0.05, 0) is 36.4 Å². The molecule has 3 aromatic rings. The van der Waals surface area contributed by atoms with Gasteiger partial charge in [-0.2, -0.15) is 0 Å². The molecule has 2 aromatic carbocycles. The van der Waals surface area contributed by atoms with Crippen LogP contribution in [-0.4, -0.2) is 22.9 Å². The van der Waals surface area contributed by atoms with Crippen molar-refractivity contribution in [1.29, 1.82) is 0 Å². The van der Waals surface area contributed by atoms with Gasteiger partial charge in [0.1, 0.15) is 5.69 Å². The topological polar surface area (TPSA) is 58.1 Å². The van der Waals surface area contributed by atoms with Crippen molar-refractivity contribution in [2.45, 2.75) is 0 Å². The van der Waals surface area contributed by atoms with Gasteiger partial charge < -0.3 is 10.2 Å². The summed E-state index contributed by atoms with van der Waals surface area (Å²) >= 11 is 12.1. The number of nitrogens with one attached hydrogen (secondary N) is 1. The molecular formula is C18H14Cl2N4O. The maximum atomic E-state index is 12.6. The highest BCUT2D eigenvalue weighted by Crippen LogP contribution is 2.27. The first-order valence-electron chi connectivity index (χ1n) is 7.43. The van der Waals surface area contributed by atoms with Crippen molar-refractivity contribution in [3.63, 3.8) is 0 Å². The van der Waals surface area contributed by atoms with Crippen molar-refractivity contribution in [3.05, 3.63) is 76.5 Å². The third kappa shape index (κ3) is 4.07. The summed E-state index contributed by atoms with van der Waals surface area (Å²) < 4.78 is 0. The maximum absolute atomic E-state index is 12.6.